The Morgan fingerprint density at radius 2 is 1.83 bits per heavy atom. The summed E-state index contributed by atoms with van der Waals surface area (Å²) in [5.74, 6) is -1.42. The van der Waals surface area contributed by atoms with E-state index in [0.29, 0.717) is 25.7 Å². The lowest BCUT2D eigenvalue weighted by Gasteiger charge is -2.12. The van der Waals surface area contributed by atoms with Crippen LogP contribution in [0.5, 0.6) is 0 Å². The number of carbonyl (C=O) groups excluding carboxylic acids is 2. The van der Waals surface area contributed by atoms with Crippen LogP contribution in [0.3, 0.4) is 0 Å². The predicted molar refractivity (Wildman–Crippen MR) is 84.7 cm³/mol. The number of carboxylic acids is 1. The molecule has 124 valence electrons. The predicted octanol–water partition coefficient (Wildman–Crippen LogP) is 1.10. The molecule has 6 heteroatoms. The summed E-state index contributed by atoms with van der Waals surface area (Å²) in [4.78, 5) is 34.4. The summed E-state index contributed by atoms with van der Waals surface area (Å²) in [6.07, 6.45) is 2.29. The van der Waals surface area contributed by atoms with Crippen LogP contribution in [0.15, 0.2) is 30.3 Å². The van der Waals surface area contributed by atoms with Crippen LogP contribution < -0.4 is 10.6 Å². The first-order chi connectivity index (χ1) is 11.0. The van der Waals surface area contributed by atoms with Crippen LogP contribution in [0.1, 0.15) is 31.2 Å². The van der Waals surface area contributed by atoms with Crippen molar-refractivity contribution in [2.45, 2.75) is 38.1 Å². The van der Waals surface area contributed by atoms with Gasteiger partial charge in [-0.05, 0) is 24.8 Å². The van der Waals surface area contributed by atoms with Gasteiger partial charge in [0.05, 0.1) is 12.3 Å². The molecule has 0 bridgehead atoms. The average molecular weight is 318 g/mol. The van der Waals surface area contributed by atoms with Crippen molar-refractivity contribution < 1.29 is 19.5 Å². The Hall–Kier alpha value is -2.37. The van der Waals surface area contributed by atoms with Crippen molar-refractivity contribution >= 4 is 17.8 Å². The Labute approximate surface area is 135 Å². The highest BCUT2D eigenvalue weighted by molar-refractivity contribution is 5.80. The number of carboxylic acid groups (broad SMARTS) is 1. The fourth-order valence-corrected chi connectivity index (χ4v) is 2.80. The third kappa shape index (κ3) is 5.73. The summed E-state index contributed by atoms with van der Waals surface area (Å²) in [6, 6.07) is 9.34. The van der Waals surface area contributed by atoms with E-state index in [-0.39, 0.29) is 36.7 Å². The third-order valence-electron chi connectivity index (χ3n) is 4.03. The van der Waals surface area contributed by atoms with Crippen LogP contribution in [-0.4, -0.2) is 35.5 Å². The van der Waals surface area contributed by atoms with E-state index in [1.165, 1.54) is 0 Å². The number of rotatable bonds is 7. The highest BCUT2D eigenvalue weighted by Gasteiger charge is 2.30. The Kier molecular flexibility index (Phi) is 6.14. The fourth-order valence-electron chi connectivity index (χ4n) is 2.80. The molecule has 2 rings (SSSR count). The number of aliphatic carboxylic acids is 1. The van der Waals surface area contributed by atoms with Gasteiger partial charge in [0.1, 0.15) is 0 Å². The van der Waals surface area contributed by atoms with Gasteiger partial charge in [-0.15, -0.1) is 0 Å². The first-order valence-corrected chi connectivity index (χ1v) is 7.87. The normalized spacial score (nSPS) is 20.0. The van der Waals surface area contributed by atoms with Gasteiger partial charge >= 0.3 is 5.97 Å². The van der Waals surface area contributed by atoms with Gasteiger partial charge in [0.15, 0.2) is 0 Å². The standard InChI is InChI=1S/C17H22N2O4/c20-15(19-14-7-6-13(11-14)17(22)23)8-9-18-16(21)10-12-4-2-1-3-5-12/h1-5,13-14H,6-11H2,(H,18,21)(H,19,20)(H,22,23)/t13-,14+/m1/s1. The molecule has 1 fully saturated rings. The van der Waals surface area contributed by atoms with Gasteiger partial charge in [0.2, 0.25) is 11.8 Å². The van der Waals surface area contributed by atoms with Gasteiger partial charge in [-0.25, -0.2) is 0 Å². The maximum atomic E-state index is 11.8. The Morgan fingerprint density at radius 3 is 2.48 bits per heavy atom. The maximum absolute atomic E-state index is 11.8. The van der Waals surface area contributed by atoms with Crippen LogP contribution >= 0.6 is 0 Å². The monoisotopic (exact) mass is 318 g/mol. The van der Waals surface area contributed by atoms with Gasteiger partial charge < -0.3 is 15.7 Å². The Morgan fingerprint density at radius 1 is 1.09 bits per heavy atom. The molecule has 0 aromatic heterocycles. The highest BCUT2D eigenvalue weighted by atomic mass is 16.4. The summed E-state index contributed by atoms with van der Waals surface area (Å²) in [5.41, 5.74) is 0.931. The molecule has 1 aromatic rings. The largest absolute Gasteiger partial charge is 0.481 e. The zero-order valence-corrected chi connectivity index (χ0v) is 13.0. The Balaban J connectivity index is 1.61. The van der Waals surface area contributed by atoms with Crippen LogP contribution in [0, 0.1) is 5.92 Å². The van der Waals surface area contributed by atoms with E-state index in [4.69, 9.17) is 5.11 Å². The topological polar surface area (TPSA) is 95.5 Å². The van der Waals surface area contributed by atoms with Gasteiger partial charge in [0.25, 0.3) is 0 Å². The summed E-state index contributed by atoms with van der Waals surface area (Å²) in [7, 11) is 0. The third-order valence-corrected chi connectivity index (χ3v) is 4.03. The van der Waals surface area contributed by atoms with Gasteiger partial charge in [0, 0.05) is 19.0 Å². The quantitative estimate of drug-likeness (QED) is 0.701. The first kappa shape index (κ1) is 17.0. The Bertz CT molecular complexity index is 559. The van der Waals surface area contributed by atoms with Crippen molar-refractivity contribution in [2.75, 3.05) is 6.54 Å². The van der Waals surface area contributed by atoms with Crippen LogP contribution in [-0.2, 0) is 20.8 Å². The zero-order chi connectivity index (χ0) is 16.7. The minimum atomic E-state index is -0.796. The van der Waals surface area contributed by atoms with E-state index in [0.717, 1.165) is 5.56 Å². The molecule has 0 heterocycles. The number of benzene rings is 1. The van der Waals surface area contributed by atoms with Crippen molar-refractivity contribution in [2.24, 2.45) is 5.92 Å². The number of hydrogen-bond donors (Lipinski definition) is 3. The fraction of sp³-hybridized carbons (Fsp3) is 0.471. The maximum Gasteiger partial charge on any atom is 0.306 e. The molecule has 0 saturated heterocycles. The van der Waals surface area contributed by atoms with Crippen molar-refractivity contribution in [3.05, 3.63) is 35.9 Å². The molecule has 1 aliphatic rings. The minimum absolute atomic E-state index is 0.0661. The van der Waals surface area contributed by atoms with Gasteiger partial charge in [-0.1, -0.05) is 30.3 Å². The minimum Gasteiger partial charge on any atom is -0.481 e. The van der Waals surface area contributed by atoms with Crippen molar-refractivity contribution in [1.29, 1.82) is 0 Å². The van der Waals surface area contributed by atoms with Gasteiger partial charge in [-0.3, -0.25) is 14.4 Å². The molecule has 1 saturated carbocycles. The van der Waals surface area contributed by atoms with E-state index < -0.39 is 5.97 Å². The lowest BCUT2D eigenvalue weighted by atomic mass is 10.1. The van der Waals surface area contributed by atoms with E-state index in [1.807, 2.05) is 30.3 Å². The van der Waals surface area contributed by atoms with Crippen LogP contribution in [0.2, 0.25) is 0 Å². The summed E-state index contributed by atoms with van der Waals surface area (Å²) < 4.78 is 0. The molecule has 0 aliphatic heterocycles. The molecule has 6 nitrogen and oxygen atoms in total. The smallest absolute Gasteiger partial charge is 0.306 e. The second-order valence-electron chi connectivity index (χ2n) is 5.87. The van der Waals surface area contributed by atoms with E-state index in [2.05, 4.69) is 10.6 Å². The molecule has 2 atom stereocenters. The molecule has 23 heavy (non-hydrogen) atoms. The highest BCUT2D eigenvalue weighted by Crippen LogP contribution is 2.25. The molecule has 0 spiro atoms. The van der Waals surface area contributed by atoms with Crippen molar-refractivity contribution in [3.63, 3.8) is 0 Å². The number of amides is 2. The summed E-state index contributed by atoms with van der Waals surface area (Å²) in [6.45, 7) is 0.284. The zero-order valence-electron chi connectivity index (χ0n) is 13.0. The molecule has 0 radical (unpaired) electrons. The van der Waals surface area contributed by atoms with Crippen molar-refractivity contribution in [3.8, 4) is 0 Å². The summed E-state index contributed by atoms with van der Waals surface area (Å²) in [5, 5.41) is 14.5. The second-order valence-corrected chi connectivity index (χ2v) is 5.87. The summed E-state index contributed by atoms with van der Waals surface area (Å²) >= 11 is 0. The lowest BCUT2D eigenvalue weighted by molar-refractivity contribution is -0.141. The first-order valence-electron chi connectivity index (χ1n) is 7.87. The second kappa shape index (κ2) is 8.31. The number of nitrogens with one attached hydrogen (secondary N) is 2. The van der Waals surface area contributed by atoms with E-state index in [1.54, 1.807) is 0 Å². The van der Waals surface area contributed by atoms with E-state index >= 15 is 0 Å². The molecule has 3 N–H and O–H groups in total. The van der Waals surface area contributed by atoms with Crippen LogP contribution in [0.25, 0.3) is 0 Å². The SMILES string of the molecule is O=C(Cc1ccccc1)NCCC(=O)N[C@H]1CC[C@@H](C(=O)O)C1. The molecule has 2 amide bonds. The lowest BCUT2D eigenvalue weighted by Crippen LogP contribution is -2.36. The number of hydrogen-bond acceptors (Lipinski definition) is 3. The molecular weight excluding hydrogens is 296 g/mol. The molecule has 1 aromatic carbocycles. The van der Waals surface area contributed by atoms with E-state index in [9.17, 15) is 14.4 Å². The average Bonchev–Trinajstić information content (AvgIpc) is 2.97. The van der Waals surface area contributed by atoms with Gasteiger partial charge in [-0.2, -0.15) is 0 Å². The van der Waals surface area contributed by atoms with Crippen molar-refractivity contribution in [1.82, 2.24) is 10.6 Å². The van der Waals surface area contributed by atoms with Crippen LogP contribution in [0.4, 0.5) is 0 Å². The number of carbonyl (C=O) groups is 3. The molecule has 1 aliphatic carbocycles. The molecular formula is C17H22N2O4. The molecule has 0 unspecified atom stereocenters.